The Hall–Kier alpha value is 0.960. The molecule has 1 heterocycles. The molecule has 5 heteroatoms. The first-order valence-corrected chi connectivity index (χ1v) is 6.33. The Balaban J connectivity index is 2.14. The summed E-state index contributed by atoms with van der Waals surface area (Å²) >= 11 is 2.04. The summed E-state index contributed by atoms with van der Waals surface area (Å²) in [6.07, 6.45) is 0.297. The van der Waals surface area contributed by atoms with Crippen molar-refractivity contribution in [2.75, 3.05) is 13.2 Å². The second-order valence-corrected chi connectivity index (χ2v) is 3.55. The van der Waals surface area contributed by atoms with Crippen LogP contribution in [-0.2, 0) is 8.92 Å². The van der Waals surface area contributed by atoms with Crippen molar-refractivity contribution in [2.45, 2.75) is 18.6 Å². The molecule has 0 aromatic heterocycles. The fraction of sp³-hybridized carbons (Fsp3) is 1.00. The van der Waals surface area contributed by atoms with E-state index >= 15 is 0 Å². The summed E-state index contributed by atoms with van der Waals surface area (Å²) < 4.78 is 10.2. The highest BCUT2D eigenvalue weighted by Crippen LogP contribution is 2.18. The van der Waals surface area contributed by atoms with Gasteiger partial charge in [0.2, 0.25) is 0 Å². The minimum absolute atomic E-state index is 0.109. The number of hydrogen-bond donors (Lipinski definition) is 1. The van der Waals surface area contributed by atoms with Crippen LogP contribution in [0.1, 0.15) is 6.42 Å². The molecule has 60 valence electrons. The van der Waals surface area contributed by atoms with E-state index in [0.29, 0.717) is 13.2 Å². The molecule has 0 aliphatic carbocycles. The van der Waals surface area contributed by atoms with Crippen LogP contribution in [0.4, 0.5) is 0 Å². The van der Waals surface area contributed by atoms with Gasteiger partial charge in [-0.05, 0) is 6.42 Å². The van der Waals surface area contributed by atoms with E-state index in [-0.39, 0.29) is 12.2 Å². The predicted octanol–water partition coefficient (Wildman–Crippen LogP) is 1.15. The zero-order chi connectivity index (χ0) is 7.40. The van der Waals surface area contributed by atoms with Crippen LogP contribution in [0.2, 0.25) is 0 Å². The summed E-state index contributed by atoms with van der Waals surface area (Å²) in [4.78, 5) is 0. The van der Waals surface area contributed by atoms with Crippen LogP contribution in [0.25, 0.3) is 0 Å². The predicted molar refractivity (Wildman–Crippen MR) is 47.9 cm³/mol. The van der Waals surface area contributed by atoms with Crippen LogP contribution in [-0.4, -0.2) is 30.5 Å². The van der Waals surface area contributed by atoms with Gasteiger partial charge in [0.15, 0.2) is 0 Å². The number of hydrogen-bond acceptors (Lipinski definition) is 4. The van der Waals surface area contributed by atoms with E-state index in [1.807, 2.05) is 21.2 Å². The maximum Gasteiger partial charge on any atom is 0.108 e. The molecule has 10 heavy (non-hydrogen) atoms. The number of aliphatic hydroxyl groups is 1. The molecule has 3 nitrogen and oxygen atoms in total. The summed E-state index contributed by atoms with van der Waals surface area (Å²) in [5.74, 6) is 0. The molecule has 1 N–H and O–H groups in total. The van der Waals surface area contributed by atoms with Gasteiger partial charge in [-0.2, -0.15) is 0 Å². The lowest BCUT2D eigenvalue weighted by Gasteiger charge is -2.11. The molecule has 0 unspecified atom stereocenters. The minimum atomic E-state index is -0.330. The van der Waals surface area contributed by atoms with Gasteiger partial charge in [-0.15, -0.1) is 0 Å². The highest BCUT2D eigenvalue weighted by Gasteiger charge is 2.26. The van der Waals surface area contributed by atoms with Crippen molar-refractivity contribution < 1.29 is 14.0 Å². The van der Waals surface area contributed by atoms with E-state index in [9.17, 15) is 5.11 Å². The maximum absolute atomic E-state index is 9.20. The van der Waals surface area contributed by atoms with E-state index in [0.717, 1.165) is 6.42 Å². The fourth-order valence-corrected chi connectivity index (χ4v) is 1.52. The van der Waals surface area contributed by atoms with E-state index in [4.69, 9.17) is 8.92 Å². The summed E-state index contributed by atoms with van der Waals surface area (Å²) in [5, 5.41) is 9.20. The molecule has 1 aliphatic rings. The van der Waals surface area contributed by atoms with Gasteiger partial charge < -0.3 is 14.0 Å². The Morgan fingerprint density at radius 1 is 1.80 bits per heavy atom. The largest absolute Gasteiger partial charge is 0.390 e. The Labute approximate surface area is 76.3 Å². The molecule has 0 bridgehead atoms. The van der Waals surface area contributed by atoms with Crippen molar-refractivity contribution in [3.05, 3.63) is 0 Å². The highest BCUT2D eigenvalue weighted by molar-refractivity contribution is 14.2. The average Bonchev–Trinajstić information content (AvgIpc) is 2.31. The molecule has 0 saturated carbocycles. The number of rotatable bonds is 3. The Kier molecular flexibility index (Phi) is 4.31. The minimum Gasteiger partial charge on any atom is -0.390 e. The molecule has 2 atom stereocenters. The summed E-state index contributed by atoms with van der Waals surface area (Å²) in [6.45, 7) is 1.13. The van der Waals surface area contributed by atoms with Crippen molar-refractivity contribution in [1.29, 1.82) is 0 Å². The summed E-state index contributed by atoms with van der Waals surface area (Å²) in [5.41, 5.74) is 0. The lowest BCUT2D eigenvalue weighted by molar-refractivity contribution is 0.0163. The Bertz CT molecular complexity index is 103. The molecule has 0 aromatic carbocycles. The third-order valence-electron chi connectivity index (χ3n) is 1.45. The SMILES string of the molecule is O[C@@H]1CCO[C@@H]1COSI. The first-order chi connectivity index (χ1) is 4.84. The van der Waals surface area contributed by atoms with E-state index in [1.165, 1.54) is 9.21 Å². The van der Waals surface area contributed by atoms with Crippen molar-refractivity contribution in [3.63, 3.8) is 0 Å². The number of ether oxygens (including phenoxy) is 1. The zero-order valence-corrected chi connectivity index (χ0v) is 8.30. The van der Waals surface area contributed by atoms with Crippen LogP contribution < -0.4 is 0 Å². The maximum atomic E-state index is 9.20. The molecule has 0 amide bonds. The van der Waals surface area contributed by atoms with Gasteiger partial charge in [-0.1, -0.05) is 0 Å². The van der Waals surface area contributed by atoms with Gasteiger partial charge in [0.25, 0.3) is 0 Å². The normalized spacial score (nSPS) is 33.0. The van der Waals surface area contributed by atoms with Crippen molar-refractivity contribution in [2.24, 2.45) is 0 Å². The van der Waals surface area contributed by atoms with Crippen LogP contribution in [0.15, 0.2) is 0 Å². The van der Waals surface area contributed by atoms with Gasteiger partial charge in [-0.3, -0.25) is 0 Å². The topological polar surface area (TPSA) is 38.7 Å². The zero-order valence-electron chi connectivity index (χ0n) is 5.33. The van der Waals surface area contributed by atoms with Gasteiger partial charge in [-0.25, -0.2) is 0 Å². The van der Waals surface area contributed by atoms with Crippen LogP contribution >= 0.6 is 30.4 Å². The highest BCUT2D eigenvalue weighted by atomic mass is 127. The van der Waals surface area contributed by atoms with Crippen LogP contribution in [0.3, 0.4) is 0 Å². The summed E-state index contributed by atoms with van der Waals surface area (Å²) in [7, 11) is 1.27. The smallest absolute Gasteiger partial charge is 0.108 e. The third-order valence-corrected chi connectivity index (χ3v) is 2.44. The van der Waals surface area contributed by atoms with E-state index in [2.05, 4.69) is 0 Å². The lowest BCUT2D eigenvalue weighted by Crippen LogP contribution is -2.24. The van der Waals surface area contributed by atoms with Crippen molar-refractivity contribution in [3.8, 4) is 0 Å². The van der Waals surface area contributed by atoms with Crippen molar-refractivity contribution in [1.82, 2.24) is 0 Å². The standard InChI is InChI=1S/C5H9IO3S/c6-10-9-3-5-4(7)1-2-8-5/h4-5,7H,1-3H2/t4-,5-/m1/s1. The summed E-state index contributed by atoms with van der Waals surface area (Å²) in [6, 6.07) is 0. The lowest BCUT2D eigenvalue weighted by atomic mass is 10.2. The molecule has 1 aliphatic heterocycles. The van der Waals surface area contributed by atoms with E-state index in [1.54, 1.807) is 0 Å². The van der Waals surface area contributed by atoms with Crippen LogP contribution in [0, 0.1) is 0 Å². The monoisotopic (exact) mass is 276 g/mol. The second-order valence-electron chi connectivity index (χ2n) is 2.11. The fourth-order valence-electron chi connectivity index (χ4n) is 0.889. The second kappa shape index (κ2) is 4.76. The molecule has 0 spiro atoms. The molecular weight excluding hydrogens is 267 g/mol. The number of aliphatic hydroxyl groups excluding tert-OH is 1. The van der Waals surface area contributed by atoms with Gasteiger partial charge >= 0.3 is 0 Å². The molecule has 1 saturated heterocycles. The first-order valence-electron chi connectivity index (χ1n) is 3.04. The molecule has 1 rings (SSSR count). The molecular formula is C5H9IO3S. The molecule has 0 aromatic rings. The Morgan fingerprint density at radius 2 is 2.60 bits per heavy atom. The van der Waals surface area contributed by atoms with Crippen molar-refractivity contribution >= 4 is 30.4 Å². The molecule has 1 fully saturated rings. The van der Waals surface area contributed by atoms with Crippen LogP contribution in [0.5, 0.6) is 0 Å². The average molecular weight is 276 g/mol. The van der Waals surface area contributed by atoms with Gasteiger partial charge in [0.05, 0.1) is 21.9 Å². The van der Waals surface area contributed by atoms with Gasteiger partial charge in [0.1, 0.15) is 6.10 Å². The first kappa shape index (κ1) is 9.05. The molecule has 0 radical (unpaired) electrons. The number of halogens is 1. The Morgan fingerprint density at radius 3 is 3.10 bits per heavy atom. The quantitative estimate of drug-likeness (QED) is 0.620. The van der Waals surface area contributed by atoms with E-state index < -0.39 is 0 Å². The third kappa shape index (κ3) is 2.54. The van der Waals surface area contributed by atoms with Gasteiger partial charge in [0, 0.05) is 27.8 Å².